The normalized spacial score (nSPS) is 10.2. The third-order valence-corrected chi connectivity index (χ3v) is 2.78. The van der Waals surface area contributed by atoms with E-state index in [9.17, 15) is 9.59 Å². The number of hydrogen-bond acceptors (Lipinski definition) is 3. The number of carboxylic acids is 1. The molecule has 104 valence electrons. The van der Waals surface area contributed by atoms with Crippen molar-refractivity contribution < 1.29 is 14.7 Å². The molecular formula is C14H20N2O3. The number of amides is 1. The quantitative estimate of drug-likeness (QED) is 0.707. The first-order valence-corrected chi connectivity index (χ1v) is 6.62. The van der Waals surface area contributed by atoms with Crippen molar-refractivity contribution in [1.82, 2.24) is 4.98 Å². The number of aromatic carboxylic acids is 1. The summed E-state index contributed by atoms with van der Waals surface area (Å²) in [6, 6.07) is 2.75. The van der Waals surface area contributed by atoms with Gasteiger partial charge in [0.1, 0.15) is 5.82 Å². The van der Waals surface area contributed by atoms with Gasteiger partial charge in [-0.2, -0.15) is 0 Å². The third-order valence-electron chi connectivity index (χ3n) is 2.78. The fourth-order valence-electron chi connectivity index (χ4n) is 1.73. The molecule has 0 bridgehead atoms. The molecular weight excluding hydrogens is 244 g/mol. The molecule has 5 nitrogen and oxygen atoms in total. The second-order valence-electron chi connectivity index (χ2n) is 4.45. The molecule has 0 radical (unpaired) electrons. The van der Waals surface area contributed by atoms with E-state index in [0.717, 1.165) is 19.3 Å². The second-order valence-corrected chi connectivity index (χ2v) is 4.45. The lowest BCUT2D eigenvalue weighted by Gasteiger charge is -2.05. The summed E-state index contributed by atoms with van der Waals surface area (Å²) in [6.45, 7) is 2.15. The minimum absolute atomic E-state index is 0.119. The van der Waals surface area contributed by atoms with Crippen LogP contribution in [0.5, 0.6) is 0 Å². The summed E-state index contributed by atoms with van der Waals surface area (Å²) in [5.74, 6) is -0.859. The second kappa shape index (κ2) is 8.24. The van der Waals surface area contributed by atoms with E-state index in [1.165, 1.54) is 31.2 Å². The molecule has 0 atom stereocenters. The first-order chi connectivity index (χ1) is 9.13. The van der Waals surface area contributed by atoms with E-state index in [-0.39, 0.29) is 11.5 Å². The number of rotatable bonds is 8. The summed E-state index contributed by atoms with van der Waals surface area (Å²) in [4.78, 5) is 26.3. The van der Waals surface area contributed by atoms with Gasteiger partial charge in [-0.15, -0.1) is 0 Å². The molecule has 1 heterocycles. The number of anilines is 1. The van der Waals surface area contributed by atoms with Gasteiger partial charge < -0.3 is 10.4 Å². The van der Waals surface area contributed by atoms with Gasteiger partial charge in [0, 0.05) is 12.6 Å². The highest BCUT2D eigenvalue weighted by molar-refractivity contribution is 5.92. The number of hydrogen-bond donors (Lipinski definition) is 2. The lowest BCUT2D eigenvalue weighted by Crippen LogP contribution is -2.12. The summed E-state index contributed by atoms with van der Waals surface area (Å²) in [6.07, 6.45) is 7.25. The van der Waals surface area contributed by atoms with Crippen molar-refractivity contribution in [3.8, 4) is 0 Å². The van der Waals surface area contributed by atoms with Crippen molar-refractivity contribution in [2.45, 2.75) is 45.4 Å². The SMILES string of the molecule is CCCCCCCC(=O)Nc1cc(C(=O)O)ccn1. The predicted molar refractivity (Wildman–Crippen MR) is 73.2 cm³/mol. The van der Waals surface area contributed by atoms with Crippen LogP contribution in [0.4, 0.5) is 5.82 Å². The van der Waals surface area contributed by atoms with Crippen LogP contribution in [0.15, 0.2) is 18.3 Å². The Morgan fingerprint density at radius 1 is 1.26 bits per heavy atom. The minimum Gasteiger partial charge on any atom is -0.478 e. The monoisotopic (exact) mass is 264 g/mol. The number of carbonyl (C=O) groups is 2. The summed E-state index contributed by atoms with van der Waals surface area (Å²) in [5, 5.41) is 11.4. The summed E-state index contributed by atoms with van der Waals surface area (Å²) >= 11 is 0. The van der Waals surface area contributed by atoms with Crippen LogP contribution in [-0.4, -0.2) is 22.0 Å². The van der Waals surface area contributed by atoms with Gasteiger partial charge in [-0.05, 0) is 18.6 Å². The number of carboxylic acid groups (broad SMARTS) is 1. The zero-order chi connectivity index (χ0) is 14.1. The molecule has 0 aliphatic rings. The van der Waals surface area contributed by atoms with Gasteiger partial charge in [-0.3, -0.25) is 4.79 Å². The van der Waals surface area contributed by atoms with E-state index in [1.807, 2.05) is 0 Å². The highest BCUT2D eigenvalue weighted by atomic mass is 16.4. The number of nitrogens with one attached hydrogen (secondary N) is 1. The van der Waals surface area contributed by atoms with Crippen LogP contribution in [0.25, 0.3) is 0 Å². The molecule has 1 rings (SSSR count). The van der Waals surface area contributed by atoms with Crippen LogP contribution in [0, 0.1) is 0 Å². The molecule has 1 aromatic rings. The number of aromatic nitrogens is 1. The van der Waals surface area contributed by atoms with Gasteiger partial charge in [-0.25, -0.2) is 9.78 Å². The fourth-order valence-corrected chi connectivity index (χ4v) is 1.73. The molecule has 5 heteroatoms. The van der Waals surface area contributed by atoms with Gasteiger partial charge in [0.2, 0.25) is 5.91 Å². The van der Waals surface area contributed by atoms with Gasteiger partial charge in [0.05, 0.1) is 5.56 Å². The molecule has 0 aliphatic carbocycles. The number of pyridine rings is 1. The van der Waals surface area contributed by atoms with Crippen molar-refractivity contribution in [3.05, 3.63) is 23.9 Å². The highest BCUT2D eigenvalue weighted by Gasteiger charge is 2.07. The molecule has 0 saturated heterocycles. The van der Waals surface area contributed by atoms with Crippen LogP contribution < -0.4 is 5.32 Å². The molecule has 2 N–H and O–H groups in total. The molecule has 0 saturated carbocycles. The van der Waals surface area contributed by atoms with Gasteiger partial charge in [-0.1, -0.05) is 32.6 Å². The Morgan fingerprint density at radius 2 is 2.00 bits per heavy atom. The Hall–Kier alpha value is -1.91. The zero-order valence-electron chi connectivity index (χ0n) is 11.2. The van der Waals surface area contributed by atoms with E-state index in [1.54, 1.807) is 0 Å². The molecule has 19 heavy (non-hydrogen) atoms. The van der Waals surface area contributed by atoms with Crippen LogP contribution in [0.2, 0.25) is 0 Å². The summed E-state index contributed by atoms with van der Waals surface area (Å²) < 4.78 is 0. The van der Waals surface area contributed by atoms with Crippen LogP contribution >= 0.6 is 0 Å². The maximum atomic E-state index is 11.6. The van der Waals surface area contributed by atoms with E-state index in [0.29, 0.717) is 12.2 Å². The molecule has 0 unspecified atom stereocenters. The molecule has 1 aromatic heterocycles. The highest BCUT2D eigenvalue weighted by Crippen LogP contribution is 2.09. The summed E-state index contributed by atoms with van der Waals surface area (Å²) in [5.41, 5.74) is 0.119. The average molecular weight is 264 g/mol. The van der Waals surface area contributed by atoms with Gasteiger partial charge >= 0.3 is 5.97 Å². The first kappa shape index (κ1) is 15.1. The lowest BCUT2D eigenvalue weighted by molar-refractivity contribution is -0.116. The van der Waals surface area contributed by atoms with Gasteiger partial charge in [0.15, 0.2) is 0 Å². The fraction of sp³-hybridized carbons (Fsp3) is 0.500. The topological polar surface area (TPSA) is 79.3 Å². The Balaban J connectivity index is 2.35. The number of nitrogens with zero attached hydrogens (tertiary/aromatic N) is 1. The number of unbranched alkanes of at least 4 members (excludes halogenated alkanes) is 4. The van der Waals surface area contributed by atoms with Crippen molar-refractivity contribution in [2.24, 2.45) is 0 Å². The van der Waals surface area contributed by atoms with Crippen LogP contribution in [-0.2, 0) is 4.79 Å². The Morgan fingerprint density at radius 3 is 2.68 bits per heavy atom. The molecule has 0 spiro atoms. The molecule has 0 fully saturated rings. The van der Waals surface area contributed by atoms with Crippen molar-refractivity contribution >= 4 is 17.7 Å². The van der Waals surface area contributed by atoms with Crippen molar-refractivity contribution in [1.29, 1.82) is 0 Å². The molecule has 0 aromatic carbocycles. The van der Waals surface area contributed by atoms with Crippen LogP contribution in [0.3, 0.4) is 0 Å². The lowest BCUT2D eigenvalue weighted by atomic mass is 10.1. The van der Waals surface area contributed by atoms with Gasteiger partial charge in [0.25, 0.3) is 0 Å². The Bertz CT molecular complexity index is 432. The third kappa shape index (κ3) is 5.99. The van der Waals surface area contributed by atoms with E-state index < -0.39 is 5.97 Å². The largest absolute Gasteiger partial charge is 0.478 e. The zero-order valence-corrected chi connectivity index (χ0v) is 11.2. The summed E-state index contributed by atoms with van der Waals surface area (Å²) in [7, 11) is 0. The van der Waals surface area contributed by atoms with Crippen molar-refractivity contribution in [2.75, 3.05) is 5.32 Å². The van der Waals surface area contributed by atoms with Crippen LogP contribution in [0.1, 0.15) is 55.8 Å². The Labute approximate surface area is 113 Å². The molecule has 1 amide bonds. The maximum absolute atomic E-state index is 11.6. The van der Waals surface area contributed by atoms with Crippen molar-refractivity contribution in [3.63, 3.8) is 0 Å². The number of carbonyl (C=O) groups excluding carboxylic acids is 1. The maximum Gasteiger partial charge on any atom is 0.335 e. The molecule has 0 aliphatic heterocycles. The van der Waals surface area contributed by atoms with E-state index in [4.69, 9.17) is 5.11 Å². The predicted octanol–water partition coefficient (Wildman–Crippen LogP) is 3.08. The smallest absolute Gasteiger partial charge is 0.335 e. The standard InChI is InChI=1S/C14H20N2O3/c1-2-3-4-5-6-7-13(17)16-12-10-11(14(18)19)8-9-15-12/h8-10H,2-7H2,1H3,(H,18,19)(H,15,16,17). The Kier molecular flexibility index (Phi) is 6.57. The minimum atomic E-state index is -1.03. The first-order valence-electron chi connectivity index (χ1n) is 6.62. The average Bonchev–Trinajstić information content (AvgIpc) is 2.38. The van der Waals surface area contributed by atoms with E-state index >= 15 is 0 Å². The van der Waals surface area contributed by atoms with E-state index in [2.05, 4.69) is 17.2 Å².